The van der Waals surface area contributed by atoms with Crippen molar-refractivity contribution in [2.24, 2.45) is 5.73 Å². The van der Waals surface area contributed by atoms with E-state index in [-0.39, 0.29) is 5.91 Å². The third-order valence-electron chi connectivity index (χ3n) is 3.83. The minimum Gasteiger partial charge on any atom is -0.467 e. The van der Waals surface area contributed by atoms with Gasteiger partial charge >= 0.3 is 5.97 Å². The highest BCUT2D eigenvalue weighted by Gasteiger charge is 2.24. The molecule has 2 atom stereocenters. The van der Waals surface area contributed by atoms with Gasteiger partial charge in [0.1, 0.15) is 6.04 Å². The number of esters is 1. The number of hydrogen-bond donors (Lipinski definition) is 2. The summed E-state index contributed by atoms with van der Waals surface area (Å²) in [5.41, 5.74) is 8.10. The molecule has 0 bridgehead atoms. The Labute approximate surface area is 158 Å². The van der Waals surface area contributed by atoms with E-state index in [0.29, 0.717) is 12.2 Å². The SMILES string of the molecule is COC(=O)[C@H](Cc1ccccc1)NC(=O)[C@H](N)CSCc1ccccc1. The molecule has 0 aliphatic rings. The molecule has 1 amide bonds. The Kier molecular flexibility index (Phi) is 8.18. The lowest BCUT2D eigenvalue weighted by Crippen LogP contribution is -2.50. The van der Waals surface area contributed by atoms with Gasteiger partial charge in [0.05, 0.1) is 13.2 Å². The van der Waals surface area contributed by atoms with Gasteiger partial charge in [-0.1, -0.05) is 60.7 Å². The van der Waals surface area contributed by atoms with E-state index in [2.05, 4.69) is 5.32 Å². The van der Waals surface area contributed by atoms with E-state index in [9.17, 15) is 9.59 Å². The van der Waals surface area contributed by atoms with Crippen LogP contribution in [0, 0.1) is 0 Å². The molecule has 0 heterocycles. The Morgan fingerprint density at radius 1 is 1.04 bits per heavy atom. The Bertz CT molecular complexity index is 695. The summed E-state index contributed by atoms with van der Waals surface area (Å²) in [7, 11) is 1.31. The summed E-state index contributed by atoms with van der Waals surface area (Å²) in [5, 5.41) is 2.71. The van der Waals surface area contributed by atoms with Crippen LogP contribution >= 0.6 is 11.8 Å². The molecule has 26 heavy (non-hydrogen) atoms. The molecular weight excluding hydrogens is 348 g/mol. The van der Waals surface area contributed by atoms with Gasteiger partial charge in [-0.25, -0.2) is 4.79 Å². The van der Waals surface area contributed by atoms with Crippen molar-refractivity contribution in [2.45, 2.75) is 24.3 Å². The summed E-state index contributed by atoms with van der Waals surface area (Å²) >= 11 is 1.59. The summed E-state index contributed by atoms with van der Waals surface area (Å²) in [6, 6.07) is 18.0. The molecule has 0 saturated heterocycles. The van der Waals surface area contributed by atoms with E-state index < -0.39 is 18.1 Å². The first-order chi connectivity index (χ1) is 12.6. The van der Waals surface area contributed by atoms with Crippen LogP contribution < -0.4 is 11.1 Å². The maximum Gasteiger partial charge on any atom is 0.328 e. The van der Waals surface area contributed by atoms with Crippen molar-refractivity contribution in [1.29, 1.82) is 0 Å². The van der Waals surface area contributed by atoms with Crippen LogP contribution in [0.2, 0.25) is 0 Å². The number of nitrogens with two attached hydrogens (primary N) is 1. The van der Waals surface area contributed by atoms with Crippen LogP contribution in [0.1, 0.15) is 11.1 Å². The second kappa shape index (κ2) is 10.6. The normalized spacial score (nSPS) is 12.8. The smallest absolute Gasteiger partial charge is 0.328 e. The van der Waals surface area contributed by atoms with Gasteiger partial charge in [-0.3, -0.25) is 4.79 Å². The molecule has 0 aliphatic heterocycles. The molecule has 0 unspecified atom stereocenters. The van der Waals surface area contributed by atoms with Crippen molar-refractivity contribution in [3.8, 4) is 0 Å². The number of carbonyl (C=O) groups is 2. The second-order valence-electron chi connectivity index (χ2n) is 5.88. The first kappa shape index (κ1) is 20.0. The summed E-state index contributed by atoms with van der Waals surface area (Å²) in [4.78, 5) is 24.3. The van der Waals surface area contributed by atoms with Crippen LogP contribution in [0.4, 0.5) is 0 Å². The number of rotatable bonds is 9. The number of hydrogen-bond acceptors (Lipinski definition) is 5. The summed E-state index contributed by atoms with van der Waals surface area (Å²) in [5.74, 6) is 0.426. The summed E-state index contributed by atoms with van der Waals surface area (Å²) in [6.07, 6.45) is 0.364. The predicted octanol–water partition coefficient (Wildman–Crippen LogP) is 2.15. The maximum atomic E-state index is 12.3. The van der Waals surface area contributed by atoms with Crippen LogP contribution in [-0.4, -0.2) is 36.8 Å². The zero-order chi connectivity index (χ0) is 18.8. The highest BCUT2D eigenvalue weighted by molar-refractivity contribution is 7.98. The molecule has 6 heteroatoms. The number of carbonyl (C=O) groups excluding carboxylic acids is 2. The molecule has 0 aromatic heterocycles. The molecule has 2 aromatic rings. The molecule has 0 aliphatic carbocycles. The van der Waals surface area contributed by atoms with Crippen LogP contribution in [-0.2, 0) is 26.5 Å². The van der Waals surface area contributed by atoms with Gasteiger partial charge in [0.2, 0.25) is 5.91 Å². The van der Waals surface area contributed by atoms with Crippen molar-refractivity contribution in [1.82, 2.24) is 5.32 Å². The molecule has 0 fully saturated rings. The molecular formula is C20H24N2O3S. The van der Waals surface area contributed by atoms with Gasteiger partial charge in [-0.2, -0.15) is 11.8 Å². The molecule has 2 rings (SSSR count). The number of nitrogens with one attached hydrogen (secondary N) is 1. The number of thioether (sulfide) groups is 1. The quantitative estimate of drug-likeness (QED) is 0.659. The molecule has 0 radical (unpaired) electrons. The highest BCUT2D eigenvalue weighted by Crippen LogP contribution is 2.12. The number of amides is 1. The molecule has 0 spiro atoms. The lowest BCUT2D eigenvalue weighted by Gasteiger charge is -2.19. The van der Waals surface area contributed by atoms with E-state index in [1.165, 1.54) is 12.7 Å². The maximum absolute atomic E-state index is 12.3. The van der Waals surface area contributed by atoms with E-state index in [1.54, 1.807) is 11.8 Å². The van der Waals surface area contributed by atoms with Crippen LogP contribution in [0.5, 0.6) is 0 Å². The monoisotopic (exact) mass is 372 g/mol. The number of benzene rings is 2. The molecule has 3 N–H and O–H groups in total. The zero-order valence-electron chi connectivity index (χ0n) is 14.8. The average Bonchev–Trinajstić information content (AvgIpc) is 2.68. The standard InChI is InChI=1S/C20H24N2O3S/c1-25-20(24)18(12-15-8-4-2-5-9-15)22-19(23)17(21)14-26-13-16-10-6-3-7-11-16/h2-11,17-18H,12-14,21H2,1H3,(H,22,23)/t17-,18+/m1/s1. The third-order valence-corrected chi connectivity index (χ3v) is 4.96. The third kappa shape index (κ3) is 6.54. The Hall–Kier alpha value is -2.31. The predicted molar refractivity (Wildman–Crippen MR) is 105 cm³/mol. The molecule has 138 valence electrons. The second-order valence-corrected chi connectivity index (χ2v) is 6.91. The van der Waals surface area contributed by atoms with Crippen molar-refractivity contribution < 1.29 is 14.3 Å². The number of ether oxygens (including phenoxy) is 1. The largest absolute Gasteiger partial charge is 0.467 e. The molecule has 2 aromatic carbocycles. The Morgan fingerprint density at radius 3 is 2.19 bits per heavy atom. The fourth-order valence-electron chi connectivity index (χ4n) is 2.42. The van der Waals surface area contributed by atoms with Crippen molar-refractivity contribution in [2.75, 3.05) is 12.9 Å². The van der Waals surface area contributed by atoms with Gasteiger partial charge < -0.3 is 15.8 Å². The minimum absolute atomic E-state index is 0.350. The van der Waals surface area contributed by atoms with Crippen LogP contribution in [0.3, 0.4) is 0 Å². The Morgan fingerprint density at radius 2 is 1.62 bits per heavy atom. The minimum atomic E-state index is -0.750. The fourth-order valence-corrected chi connectivity index (χ4v) is 3.37. The highest BCUT2D eigenvalue weighted by atomic mass is 32.2. The first-order valence-corrected chi connectivity index (χ1v) is 9.55. The molecule has 5 nitrogen and oxygen atoms in total. The van der Waals surface area contributed by atoms with Crippen molar-refractivity contribution in [3.63, 3.8) is 0 Å². The van der Waals surface area contributed by atoms with Crippen LogP contribution in [0.15, 0.2) is 60.7 Å². The van der Waals surface area contributed by atoms with Gasteiger partial charge in [-0.15, -0.1) is 0 Å². The van der Waals surface area contributed by atoms with Gasteiger partial charge in [-0.05, 0) is 11.1 Å². The fraction of sp³-hybridized carbons (Fsp3) is 0.300. The number of methoxy groups -OCH3 is 1. The summed E-state index contributed by atoms with van der Waals surface area (Å²) < 4.78 is 4.80. The van der Waals surface area contributed by atoms with E-state index in [0.717, 1.165) is 11.3 Å². The van der Waals surface area contributed by atoms with Crippen LogP contribution in [0.25, 0.3) is 0 Å². The van der Waals surface area contributed by atoms with Crippen molar-refractivity contribution >= 4 is 23.6 Å². The first-order valence-electron chi connectivity index (χ1n) is 8.39. The van der Waals surface area contributed by atoms with E-state index >= 15 is 0 Å². The van der Waals surface area contributed by atoms with Gasteiger partial charge in [0.25, 0.3) is 0 Å². The lowest BCUT2D eigenvalue weighted by atomic mass is 10.1. The summed E-state index contributed by atoms with van der Waals surface area (Å²) in [6.45, 7) is 0. The average molecular weight is 372 g/mol. The topological polar surface area (TPSA) is 81.4 Å². The van der Waals surface area contributed by atoms with E-state index in [4.69, 9.17) is 10.5 Å². The Balaban J connectivity index is 1.85. The van der Waals surface area contributed by atoms with Gasteiger partial charge in [0.15, 0.2) is 0 Å². The molecule has 0 saturated carbocycles. The van der Waals surface area contributed by atoms with Crippen molar-refractivity contribution in [3.05, 3.63) is 71.8 Å². The lowest BCUT2D eigenvalue weighted by molar-refractivity contribution is -0.145. The van der Waals surface area contributed by atoms with E-state index in [1.807, 2.05) is 60.7 Å². The zero-order valence-corrected chi connectivity index (χ0v) is 15.6. The van der Waals surface area contributed by atoms with Gasteiger partial charge in [0, 0.05) is 17.9 Å².